The van der Waals surface area contributed by atoms with E-state index in [9.17, 15) is 14.4 Å². The zero-order valence-corrected chi connectivity index (χ0v) is 12.6. The number of aromatic amines is 1. The number of alkyl carbamates (subject to hydrolysis) is 1. The number of hydrogen-bond donors (Lipinski definition) is 2. The molecular weight excluding hydrogens is 276 g/mol. The Morgan fingerprint density at radius 1 is 1.38 bits per heavy atom. The van der Waals surface area contributed by atoms with Crippen LogP contribution in [0.5, 0.6) is 0 Å². The molecule has 1 amide bonds. The third-order valence-electron chi connectivity index (χ3n) is 2.49. The van der Waals surface area contributed by atoms with Gasteiger partial charge in [0.15, 0.2) is 0 Å². The van der Waals surface area contributed by atoms with Gasteiger partial charge in [0.1, 0.15) is 5.60 Å². The number of pyridine rings is 1. The fraction of sp³-hybridized carbons (Fsp3) is 0.500. The van der Waals surface area contributed by atoms with Crippen LogP contribution in [0, 0.1) is 0 Å². The van der Waals surface area contributed by atoms with Crippen molar-refractivity contribution in [3.63, 3.8) is 0 Å². The monoisotopic (exact) mass is 296 g/mol. The highest BCUT2D eigenvalue weighted by Crippen LogP contribution is 2.17. The lowest BCUT2D eigenvalue weighted by Crippen LogP contribution is -2.36. The lowest BCUT2D eigenvalue weighted by Gasteiger charge is -2.23. The summed E-state index contributed by atoms with van der Waals surface area (Å²) in [5, 5.41) is 2.57. The van der Waals surface area contributed by atoms with Gasteiger partial charge >= 0.3 is 12.1 Å². The molecule has 0 radical (unpaired) electrons. The van der Waals surface area contributed by atoms with Crippen LogP contribution in [-0.2, 0) is 14.3 Å². The Morgan fingerprint density at radius 2 is 2.05 bits per heavy atom. The normalized spacial score (nSPS) is 12.4. The maximum absolute atomic E-state index is 11.8. The fourth-order valence-electron chi connectivity index (χ4n) is 1.63. The van der Waals surface area contributed by atoms with Gasteiger partial charge in [-0.3, -0.25) is 9.59 Å². The molecule has 1 atom stereocenters. The van der Waals surface area contributed by atoms with E-state index in [2.05, 4.69) is 15.0 Å². The summed E-state index contributed by atoms with van der Waals surface area (Å²) in [6, 6.07) is 2.21. The topological polar surface area (TPSA) is 97.5 Å². The molecule has 0 unspecified atom stereocenters. The standard InChI is InChI=1S/C14H20N2O5/c1-14(2,3)21-13(19)16-10(8-12(18)20-4)9-5-6-15-11(17)7-9/h5-7,10H,8H2,1-4H3,(H,15,17)(H,16,19)/t10-/m0/s1. The predicted octanol–water partition coefficient (Wildman–Crippen LogP) is 1.50. The van der Waals surface area contributed by atoms with E-state index in [1.54, 1.807) is 26.8 Å². The number of ether oxygens (including phenoxy) is 2. The van der Waals surface area contributed by atoms with Gasteiger partial charge in [-0.05, 0) is 32.4 Å². The minimum atomic E-state index is -0.699. The largest absolute Gasteiger partial charge is 0.469 e. The maximum atomic E-state index is 11.8. The van der Waals surface area contributed by atoms with E-state index in [1.807, 2.05) is 0 Å². The molecule has 2 N–H and O–H groups in total. The molecule has 0 spiro atoms. The van der Waals surface area contributed by atoms with Gasteiger partial charge in [-0.1, -0.05) is 0 Å². The fourth-order valence-corrected chi connectivity index (χ4v) is 1.63. The summed E-state index contributed by atoms with van der Waals surface area (Å²) in [7, 11) is 1.25. The molecule has 0 saturated carbocycles. The summed E-state index contributed by atoms with van der Waals surface area (Å²) < 4.78 is 9.74. The molecule has 1 rings (SSSR count). The van der Waals surface area contributed by atoms with E-state index in [0.29, 0.717) is 5.56 Å². The Hall–Kier alpha value is -2.31. The second-order valence-electron chi connectivity index (χ2n) is 5.47. The van der Waals surface area contributed by atoms with Crippen molar-refractivity contribution in [3.05, 3.63) is 34.2 Å². The Labute approximate surface area is 122 Å². The molecule has 7 heteroatoms. The highest BCUT2D eigenvalue weighted by molar-refractivity contribution is 5.73. The number of carbonyl (C=O) groups excluding carboxylic acids is 2. The Morgan fingerprint density at radius 3 is 2.57 bits per heavy atom. The Bertz CT molecular complexity index is 559. The number of carbonyl (C=O) groups is 2. The van der Waals surface area contributed by atoms with Crippen LogP contribution in [0.4, 0.5) is 4.79 Å². The highest BCUT2D eigenvalue weighted by atomic mass is 16.6. The number of amides is 1. The van der Waals surface area contributed by atoms with Crippen LogP contribution < -0.4 is 10.9 Å². The van der Waals surface area contributed by atoms with Gasteiger partial charge in [0.2, 0.25) is 5.56 Å². The molecule has 0 aliphatic heterocycles. The number of methoxy groups -OCH3 is 1. The summed E-state index contributed by atoms with van der Waals surface area (Å²) in [5.41, 5.74) is -0.489. The van der Waals surface area contributed by atoms with Crippen molar-refractivity contribution in [1.29, 1.82) is 0 Å². The number of esters is 1. The van der Waals surface area contributed by atoms with Gasteiger partial charge in [0, 0.05) is 12.3 Å². The van der Waals surface area contributed by atoms with Crippen LogP contribution >= 0.6 is 0 Å². The van der Waals surface area contributed by atoms with Crippen LogP contribution in [0.15, 0.2) is 23.1 Å². The first-order chi connectivity index (χ1) is 9.71. The zero-order chi connectivity index (χ0) is 16.0. The van der Waals surface area contributed by atoms with E-state index >= 15 is 0 Å². The highest BCUT2D eigenvalue weighted by Gasteiger charge is 2.23. The van der Waals surface area contributed by atoms with Crippen molar-refractivity contribution < 1.29 is 19.1 Å². The predicted molar refractivity (Wildman–Crippen MR) is 75.8 cm³/mol. The number of rotatable bonds is 4. The number of hydrogen-bond acceptors (Lipinski definition) is 5. The first kappa shape index (κ1) is 16.7. The minimum absolute atomic E-state index is 0.0980. The van der Waals surface area contributed by atoms with Gasteiger partial charge in [-0.25, -0.2) is 4.79 Å². The maximum Gasteiger partial charge on any atom is 0.408 e. The molecule has 0 fully saturated rings. The van der Waals surface area contributed by atoms with Crippen molar-refractivity contribution in [2.45, 2.75) is 38.8 Å². The minimum Gasteiger partial charge on any atom is -0.469 e. The van der Waals surface area contributed by atoms with Gasteiger partial charge in [0.25, 0.3) is 0 Å². The molecule has 0 aromatic carbocycles. The summed E-state index contributed by atoms with van der Waals surface area (Å²) in [4.78, 5) is 37.1. The van der Waals surface area contributed by atoms with Gasteiger partial charge < -0.3 is 19.8 Å². The van der Waals surface area contributed by atoms with Crippen molar-refractivity contribution in [2.24, 2.45) is 0 Å². The van der Waals surface area contributed by atoms with E-state index < -0.39 is 23.7 Å². The summed E-state index contributed by atoms with van der Waals surface area (Å²) in [6.45, 7) is 5.19. The van der Waals surface area contributed by atoms with Crippen molar-refractivity contribution in [1.82, 2.24) is 10.3 Å². The first-order valence-corrected chi connectivity index (χ1v) is 6.46. The third-order valence-corrected chi connectivity index (χ3v) is 2.49. The molecule has 1 aromatic rings. The molecule has 21 heavy (non-hydrogen) atoms. The van der Waals surface area contributed by atoms with Crippen molar-refractivity contribution >= 4 is 12.1 Å². The van der Waals surface area contributed by atoms with Crippen LogP contribution in [0.3, 0.4) is 0 Å². The van der Waals surface area contributed by atoms with Crippen LogP contribution in [0.2, 0.25) is 0 Å². The molecule has 1 aromatic heterocycles. The summed E-state index contributed by atoms with van der Waals surface area (Å²) in [6.07, 6.45) is 0.675. The van der Waals surface area contributed by atoms with Gasteiger partial charge in [-0.2, -0.15) is 0 Å². The van der Waals surface area contributed by atoms with Crippen LogP contribution in [0.1, 0.15) is 38.8 Å². The smallest absolute Gasteiger partial charge is 0.408 e. The second kappa shape index (κ2) is 6.92. The van der Waals surface area contributed by atoms with E-state index in [4.69, 9.17) is 4.74 Å². The van der Waals surface area contributed by atoms with Gasteiger partial charge in [-0.15, -0.1) is 0 Å². The molecule has 0 saturated heterocycles. The summed E-state index contributed by atoms with van der Waals surface area (Å²) >= 11 is 0. The molecule has 1 heterocycles. The van der Waals surface area contributed by atoms with Gasteiger partial charge in [0.05, 0.1) is 19.6 Å². The van der Waals surface area contributed by atoms with E-state index in [1.165, 1.54) is 19.4 Å². The number of aromatic nitrogens is 1. The number of nitrogens with one attached hydrogen (secondary N) is 2. The lowest BCUT2D eigenvalue weighted by atomic mass is 10.1. The third kappa shape index (κ3) is 6.11. The quantitative estimate of drug-likeness (QED) is 0.821. The lowest BCUT2D eigenvalue weighted by molar-refractivity contribution is -0.141. The van der Waals surface area contributed by atoms with Crippen molar-refractivity contribution in [3.8, 4) is 0 Å². The molecule has 0 bridgehead atoms. The van der Waals surface area contributed by atoms with E-state index in [-0.39, 0.29) is 12.0 Å². The second-order valence-corrected chi connectivity index (χ2v) is 5.47. The molecule has 0 aliphatic rings. The zero-order valence-electron chi connectivity index (χ0n) is 12.6. The average Bonchev–Trinajstić information content (AvgIpc) is 2.35. The Kier molecular flexibility index (Phi) is 5.52. The average molecular weight is 296 g/mol. The molecule has 7 nitrogen and oxygen atoms in total. The van der Waals surface area contributed by atoms with Crippen LogP contribution in [-0.4, -0.2) is 29.8 Å². The Balaban J connectivity index is 2.90. The van der Waals surface area contributed by atoms with E-state index in [0.717, 1.165) is 0 Å². The summed E-state index contributed by atoms with van der Waals surface area (Å²) in [5.74, 6) is -0.503. The molecular formula is C14H20N2O5. The molecule has 0 aliphatic carbocycles. The molecule has 116 valence electrons. The van der Waals surface area contributed by atoms with Crippen LogP contribution in [0.25, 0.3) is 0 Å². The van der Waals surface area contributed by atoms with Crippen molar-refractivity contribution in [2.75, 3.05) is 7.11 Å². The first-order valence-electron chi connectivity index (χ1n) is 6.46. The SMILES string of the molecule is COC(=O)C[C@H](NC(=O)OC(C)(C)C)c1cc[nH]c(=O)c1. The number of H-pyrrole nitrogens is 1.